The Kier molecular flexibility index (Phi) is 9.07. The van der Waals surface area contributed by atoms with Crippen molar-refractivity contribution in [1.29, 1.82) is 0 Å². The number of hydrogen-bond donors (Lipinski definition) is 0. The van der Waals surface area contributed by atoms with Crippen molar-refractivity contribution < 1.29 is 28.1 Å². The molecule has 0 atom stereocenters. The zero-order chi connectivity index (χ0) is 7.11. The zero-order valence-electron chi connectivity index (χ0n) is 6.05. The molecule has 0 aromatic carbocycles. The van der Waals surface area contributed by atoms with Crippen molar-refractivity contribution in [3.05, 3.63) is 0 Å². The van der Waals surface area contributed by atoms with E-state index in [1.54, 1.807) is 4.81 Å². The van der Waals surface area contributed by atoms with E-state index in [2.05, 4.69) is 13.8 Å². The molecule has 0 aliphatic heterocycles. The van der Waals surface area contributed by atoms with Gasteiger partial charge in [0, 0.05) is 0 Å². The van der Waals surface area contributed by atoms with Crippen LogP contribution in [0.15, 0.2) is 0 Å². The van der Waals surface area contributed by atoms with Crippen molar-refractivity contribution in [2.75, 3.05) is 0 Å². The molecule has 3 heteroatoms. The van der Waals surface area contributed by atoms with Crippen LogP contribution in [-0.4, -0.2) is 0 Å². The van der Waals surface area contributed by atoms with Gasteiger partial charge < -0.3 is 0 Å². The first kappa shape index (κ1) is 10.6. The molecule has 0 aromatic rings. The fourth-order valence-corrected chi connectivity index (χ4v) is 13.0. The monoisotopic (exact) mass is 314 g/mol. The molecule has 0 bridgehead atoms. The summed E-state index contributed by atoms with van der Waals surface area (Å²) in [5.41, 5.74) is 0. The molecule has 0 aliphatic rings. The summed E-state index contributed by atoms with van der Waals surface area (Å²) in [4.78, 5) is 3.07. The summed E-state index contributed by atoms with van der Waals surface area (Å²) in [5, 5.41) is 0. The molecule has 0 unspecified atom stereocenters. The van der Waals surface area contributed by atoms with E-state index < -0.39 is 14.3 Å². The maximum absolute atomic E-state index is 5.19. The molecule has 0 saturated carbocycles. The predicted molar refractivity (Wildman–Crippen MR) is 37.8 cm³/mol. The summed E-state index contributed by atoms with van der Waals surface area (Å²) in [5.74, 6) is 0. The third-order valence-electron chi connectivity index (χ3n) is 1.14. The van der Waals surface area contributed by atoms with Gasteiger partial charge in [0.25, 0.3) is 0 Å². The fraction of sp³-hybridized carbons (Fsp3) is 1.00. The Labute approximate surface area is 73.6 Å². The molecule has 0 amide bonds. The predicted octanol–water partition coefficient (Wildman–Crippen LogP) is 3.37. The Morgan fingerprint density at radius 2 is 2.11 bits per heavy atom. The van der Waals surface area contributed by atoms with Crippen LogP contribution in [0.3, 0.4) is 0 Å². The summed E-state index contributed by atoms with van der Waals surface area (Å²) in [6, 6.07) is 0. The van der Waals surface area contributed by atoms with Crippen LogP contribution in [0.5, 0.6) is 0 Å². The second-order valence-electron chi connectivity index (χ2n) is 1.85. The van der Waals surface area contributed by atoms with Crippen molar-refractivity contribution >= 4 is 9.82 Å². The van der Waals surface area contributed by atoms with Gasteiger partial charge in [-0.3, -0.25) is 0 Å². The van der Waals surface area contributed by atoms with Crippen LogP contribution < -0.4 is 0 Å². The van der Waals surface area contributed by atoms with Gasteiger partial charge in [0.2, 0.25) is 0 Å². The zero-order valence-corrected chi connectivity index (χ0v) is 10.9. The van der Waals surface area contributed by atoms with Gasteiger partial charge in [0.05, 0.1) is 0 Å². The Balaban J connectivity index is 3.20. The van der Waals surface area contributed by atoms with E-state index in [1.807, 2.05) is 0 Å². The molecule has 0 nitrogen and oxygen atoms in total. The summed E-state index contributed by atoms with van der Waals surface area (Å²) in [6.45, 7) is 4.61. The van der Waals surface area contributed by atoms with Gasteiger partial charge in [0.1, 0.15) is 0 Å². The molecule has 0 heterocycles. The van der Waals surface area contributed by atoms with Crippen LogP contribution in [0, 0.1) is 0 Å². The third kappa shape index (κ3) is 6.01. The van der Waals surface area contributed by atoms with Crippen LogP contribution >= 0.6 is 9.82 Å². The molecule has 0 aromatic heterocycles. The van der Waals surface area contributed by atoms with Crippen LogP contribution in [0.4, 0.5) is 0 Å². The average molecular weight is 310 g/mol. The number of rotatable bonds is 5. The van der Waals surface area contributed by atoms with Crippen molar-refractivity contribution in [3.63, 3.8) is 0 Å². The van der Waals surface area contributed by atoms with Crippen LogP contribution in [-0.2, 0) is 28.1 Å². The molecule has 0 fully saturated rings. The van der Waals surface area contributed by atoms with Crippen LogP contribution in [0.2, 0.25) is 9.62 Å². The molecular weight excluding hydrogens is 296 g/mol. The Morgan fingerprint density at radius 3 is 2.44 bits per heavy atom. The molecule has 56 valence electrons. The SMILES string of the molecule is CCC[CH2][Mo]([CH2]C)[Mo]=[S]. The molecule has 0 saturated heterocycles. The van der Waals surface area contributed by atoms with E-state index in [0.29, 0.717) is 0 Å². The first-order valence-corrected chi connectivity index (χ1v) is 14.6. The standard InChI is InChI=1S/C4H9.C2H5.2Mo.S/c1-3-4-2;1-2;;;/h1,3-4H2,2H3;1H2,2H3;;;. The quantitative estimate of drug-likeness (QED) is 0.702. The Hall–Kier alpha value is 1.60. The first-order chi connectivity index (χ1) is 4.35. The van der Waals surface area contributed by atoms with Crippen molar-refractivity contribution in [1.82, 2.24) is 0 Å². The first-order valence-electron chi connectivity index (χ1n) is 3.32. The van der Waals surface area contributed by atoms with Gasteiger partial charge in [-0.25, -0.2) is 0 Å². The number of unbranched alkanes of at least 4 members (excludes halogenated alkanes) is 1. The van der Waals surface area contributed by atoms with E-state index in [-0.39, 0.29) is 13.7 Å². The summed E-state index contributed by atoms with van der Waals surface area (Å²) in [7, 11) is 5.19. The van der Waals surface area contributed by atoms with Crippen molar-refractivity contribution in [2.45, 2.75) is 36.3 Å². The van der Waals surface area contributed by atoms with E-state index in [0.717, 1.165) is 0 Å². The second kappa shape index (κ2) is 7.70. The average Bonchev–Trinajstić information content (AvgIpc) is 1.91. The topological polar surface area (TPSA) is 0 Å². The minimum atomic E-state index is -0.537. The molecule has 9 heavy (non-hydrogen) atoms. The molecule has 0 aliphatic carbocycles. The van der Waals surface area contributed by atoms with Gasteiger partial charge in [-0.2, -0.15) is 0 Å². The van der Waals surface area contributed by atoms with Crippen LogP contribution in [0.25, 0.3) is 0 Å². The Bertz CT molecular complexity index is 75.5. The van der Waals surface area contributed by atoms with Crippen molar-refractivity contribution in [2.24, 2.45) is 0 Å². The Morgan fingerprint density at radius 1 is 1.44 bits per heavy atom. The summed E-state index contributed by atoms with van der Waals surface area (Å²) >= 11 is -0.408. The van der Waals surface area contributed by atoms with Gasteiger partial charge in [-0.15, -0.1) is 0 Å². The van der Waals surface area contributed by atoms with Gasteiger partial charge in [-0.1, -0.05) is 0 Å². The number of hydrogen-bond acceptors (Lipinski definition) is 1. The van der Waals surface area contributed by atoms with E-state index in [1.165, 1.54) is 17.7 Å². The van der Waals surface area contributed by atoms with Gasteiger partial charge in [-0.05, 0) is 0 Å². The molecule has 0 N–H and O–H groups in total. The normalized spacial score (nSPS) is 10.1. The third-order valence-corrected chi connectivity index (χ3v) is 20.4. The second-order valence-corrected chi connectivity index (χ2v) is 20.4. The van der Waals surface area contributed by atoms with Crippen LogP contribution in [0.1, 0.15) is 26.7 Å². The molecule has 0 radical (unpaired) electrons. The molecule has 0 rings (SSSR count). The van der Waals surface area contributed by atoms with Crippen molar-refractivity contribution in [3.8, 4) is 0 Å². The van der Waals surface area contributed by atoms with E-state index in [4.69, 9.17) is 9.82 Å². The minimum absolute atomic E-state index is 0.129. The fourth-order valence-electron chi connectivity index (χ4n) is 0.532. The van der Waals surface area contributed by atoms with Gasteiger partial charge in [0.15, 0.2) is 0 Å². The maximum atomic E-state index is 5.19. The molecule has 0 spiro atoms. The molecular formula is C6H14Mo2S. The summed E-state index contributed by atoms with van der Waals surface area (Å²) < 4.78 is 0. The summed E-state index contributed by atoms with van der Waals surface area (Å²) in [6.07, 6.45) is 2.84. The van der Waals surface area contributed by atoms with E-state index in [9.17, 15) is 0 Å². The van der Waals surface area contributed by atoms with E-state index >= 15 is 0 Å². The van der Waals surface area contributed by atoms with Gasteiger partial charge >= 0.3 is 74.2 Å².